The maximum Gasteiger partial charge on any atom is 0.224 e. The largest absolute Gasteiger partial charge is 0.618 e. The van der Waals surface area contributed by atoms with Gasteiger partial charge in [0.2, 0.25) is 5.52 Å². The van der Waals surface area contributed by atoms with Crippen LogP contribution in [0.3, 0.4) is 0 Å². The van der Waals surface area contributed by atoms with Crippen molar-refractivity contribution in [2.75, 3.05) is 0 Å². The SMILES string of the molecule is Cc1ccc2c(c1)c(C)cc(C)[n+]2[O-]. The molecule has 0 saturated heterocycles. The fraction of sp³-hybridized carbons (Fsp3) is 0.250. The molecule has 2 aromatic rings. The number of pyridine rings is 1. The van der Waals surface area contributed by atoms with Crippen LogP contribution >= 0.6 is 0 Å². The van der Waals surface area contributed by atoms with Gasteiger partial charge in [0, 0.05) is 19.1 Å². The van der Waals surface area contributed by atoms with Crippen LogP contribution in [0.5, 0.6) is 0 Å². The number of nitrogens with zero attached hydrogens (tertiary/aromatic N) is 1. The zero-order chi connectivity index (χ0) is 10.3. The molecule has 1 heterocycles. The standard InChI is InChI=1S/C12H13NO/c1-8-4-5-12-11(6-8)9(2)7-10(3)13(12)14/h4-7H,1-3H3. The van der Waals surface area contributed by atoms with Crippen molar-refractivity contribution in [3.63, 3.8) is 0 Å². The lowest BCUT2D eigenvalue weighted by molar-refractivity contribution is -0.584. The predicted octanol–water partition coefficient (Wildman–Crippen LogP) is 2.40. The number of aromatic nitrogens is 1. The summed E-state index contributed by atoms with van der Waals surface area (Å²) >= 11 is 0. The van der Waals surface area contributed by atoms with Gasteiger partial charge >= 0.3 is 0 Å². The van der Waals surface area contributed by atoms with Crippen molar-refractivity contribution < 1.29 is 4.73 Å². The second-order valence-corrected chi connectivity index (χ2v) is 3.78. The Hall–Kier alpha value is -1.57. The van der Waals surface area contributed by atoms with Gasteiger partial charge in [-0.1, -0.05) is 11.6 Å². The van der Waals surface area contributed by atoms with Gasteiger partial charge in [0.1, 0.15) is 0 Å². The van der Waals surface area contributed by atoms with Crippen LogP contribution in [0.4, 0.5) is 0 Å². The van der Waals surface area contributed by atoms with Gasteiger partial charge in [0.25, 0.3) is 0 Å². The third kappa shape index (κ3) is 1.23. The van der Waals surface area contributed by atoms with Crippen molar-refractivity contribution in [1.29, 1.82) is 0 Å². The van der Waals surface area contributed by atoms with Crippen LogP contribution in [0.15, 0.2) is 24.3 Å². The summed E-state index contributed by atoms with van der Waals surface area (Å²) < 4.78 is 0.988. The van der Waals surface area contributed by atoms with Crippen LogP contribution in [0.25, 0.3) is 10.9 Å². The van der Waals surface area contributed by atoms with E-state index in [9.17, 15) is 5.21 Å². The van der Waals surface area contributed by atoms with Crippen molar-refractivity contribution in [3.8, 4) is 0 Å². The Morgan fingerprint density at radius 2 is 1.79 bits per heavy atom. The number of hydrogen-bond donors (Lipinski definition) is 0. The van der Waals surface area contributed by atoms with Crippen molar-refractivity contribution in [3.05, 3.63) is 46.3 Å². The highest BCUT2D eigenvalue weighted by atomic mass is 16.5. The molecule has 0 saturated carbocycles. The molecule has 0 amide bonds. The second kappa shape index (κ2) is 2.98. The molecule has 0 bridgehead atoms. The van der Waals surface area contributed by atoms with Crippen LogP contribution in [-0.4, -0.2) is 0 Å². The number of benzene rings is 1. The minimum atomic E-state index is 0.749. The third-order valence-corrected chi connectivity index (χ3v) is 2.54. The highest BCUT2D eigenvalue weighted by molar-refractivity contribution is 5.80. The van der Waals surface area contributed by atoms with E-state index in [4.69, 9.17) is 0 Å². The molecule has 0 aliphatic carbocycles. The Morgan fingerprint density at radius 3 is 2.50 bits per heavy atom. The van der Waals surface area contributed by atoms with Crippen LogP contribution in [0.1, 0.15) is 16.8 Å². The summed E-state index contributed by atoms with van der Waals surface area (Å²) in [6.07, 6.45) is 0. The lowest BCUT2D eigenvalue weighted by Gasteiger charge is -2.07. The van der Waals surface area contributed by atoms with Gasteiger partial charge in [-0.3, -0.25) is 0 Å². The second-order valence-electron chi connectivity index (χ2n) is 3.78. The number of rotatable bonds is 0. The van der Waals surface area contributed by atoms with Crippen LogP contribution in [0.2, 0.25) is 0 Å². The molecule has 72 valence electrons. The minimum Gasteiger partial charge on any atom is -0.618 e. The molecule has 2 rings (SSSR count). The summed E-state index contributed by atoms with van der Waals surface area (Å²) in [6.45, 7) is 5.90. The van der Waals surface area contributed by atoms with E-state index in [0.29, 0.717) is 0 Å². The topological polar surface area (TPSA) is 26.9 Å². The fourth-order valence-electron chi connectivity index (χ4n) is 1.78. The molecular formula is C12H13NO. The lowest BCUT2D eigenvalue weighted by Crippen LogP contribution is -2.31. The van der Waals surface area contributed by atoms with Gasteiger partial charge in [-0.15, -0.1) is 0 Å². The zero-order valence-electron chi connectivity index (χ0n) is 8.66. The summed E-state index contributed by atoms with van der Waals surface area (Å²) in [5.41, 5.74) is 3.85. The van der Waals surface area contributed by atoms with Crippen LogP contribution in [0, 0.1) is 26.0 Å². The van der Waals surface area contributed by atoms with E-state index in [2.05, 4.69) is 6.07 Å². The highest BCUT2D eigenvalue weighted by Crippen LogP contribution is 2.17. The minimum absolute atomic E-state index is 0.749. The number of hydrogen-bond acceptors (Lipinski definition) is 1. The van der Waals surface area contributed by atoms with E-state index in [1.807, 2.05) is 39.0 Å². The van der Waals surface area contributed by atoms with E-state index in [0.717, 1.165) is 26.9 Å². The molecule has 1 aromatic heterocycles. The van der Waals surface area contributed by atoms with Gasteiger partial charge in [0.05, 0.1) is 5.39 Å². The first kappa shape index (κ1) is 9.00. The average Bonchev–Trinajstić information content (AvgIpc) is 2.14. The first-order valence-electron chi connectivity index (χ1n) is 4.70. The molecule has 14 heavy (non-hydrogen) atoms. The van der Waals surface area contributed by atoms with Crippen molar-refractivity contribution in [1.82, 2.24) is 0 Å². The van der Waals surface area contributed by atoms with Gasteiger partial charge in [-0.2, -0.15) is 4.73 Å². The molecule has 0 fully saturated rings. The monoisotopic (exact) mass is 187 g/mol. The van der Waals surface area contributed by atoms with E-state index in [-0.39, 0.29) is 0 Å². The maximum absolute atomic E-state index is 11.7. The van der Waals surface area contributed by atoms with Crippen LogP contribution < -0.4 is 4.73 Å². The summed E-state index contributed by atoms with van der Waals surface area (Å²) in [6, 6.07) is 7.83. The summed E-state index contributed by atoms with van der Waals surface area (Å²) in [4.78, 5) is 0. The van der Waals surface area contributed by atoms with Crippen molar-refractivity contribution in [2.45, 2.75) is 20.8 Å². The van der Waals surface area contributed by atoms with Gasteiger partial charge in [-0.25, -0.2) is 0 Å². The molecule has 2 nitrogen and oxygen atoms in total. The van der Waals surface area contributed by atoms with E-state index in [1.54, 1.807) is 0 Å². The molecule has 0 radical (unpaired) electrons. The molecule has 2 heteroatoms. The molecule has 1 aromatic carbocycles. The molecule has 0 aliphatic rings. The predicted molar refractivity (Wildman–Crippen MR) is 57.1 cm³/mol. The normalized spacial score (nSPS) is 10.8. The smallest absolute Gasteiger partial charge is 0.224 e. The molecule has 0 aliphatic heterocycles. The number of fused-ring (bicyclic) bond motifs is 1. The molecule has 0 spiro atoms. The van der Waals surface area contributed by atoms with Gasteiger partial charge in [-0.05, 0) is 25.5 Å². The van der Waals surface area contributed by atoms with Gasteiger partial charge in [0.15, 0.2) is 5.69 Å². The van der Waals surface area contributed by atoms with Crippen LogP contribution in [-0.2, 0) is 0 Å². The quantitative estimate of drug-likeness (QED) is 0.459. The summed E-state index contributed by atoms with van der Waals surface area (Å²) in [7, 11) is 0. The van der Waals surface area contributed by atoms with E-state index >= 15 is 0 Å². The van der Waals surface area contributed by atoms with Crippen molar-refractivity contribution in [2.24, 2.45) is 0 Å². The van der Waals surface area contributed by atoms with Gasteiger partial charge < -0.3 is 5.21 Å². The summed E-state index contributed by atoms with van der Waals surface area (Å²) in [5, 5.41) is 12.8. The molecular weight excluding hydrogens is 174 g/mol. The first-order chi connectivity index (χ1) is 6.59. The molecule has 0 N–H and O–H groups in total. The lowest BCUT2D eigenvalue weighted by atomic mass is 10.1. The average molecular weight is 187 g/mol. The van der Waals surface area contributed by atoms with Crippen molar-refractivity contribution >= 4 is 10.9 Å². The van der Waals surface area contributed by atoms with E-state index < -0.39 is 0 Å². The Labute approximate surface area is 83.4 Å². The molecule has 0 unspecified atom stereocenters. The Bertz CT molecular complexity index is 503. The number of aryl methyl sites for hydroxylation is 3. The Balaban J connectivity index is 2.94. The highest BCUT2D eigenvalue weighted by Gasteiger charge is 2.09. The first-order valence-corrected chi connectivity index (χ1v) is 4.70. The molecule has 0 atom stereocenters. The third-order valence-electron chi connectivity index (χ3n) is 2.54. The summed E-state index contributed by atoms with van der Waals surface area (Å²) in [5.74, 6) is 0. The Kier molecular flexibility index (Phi) is 1.92. The maximum atomic E-state index is 11.7. The Morgan fingerprint density at radius 1 is 1.07 bits per heavy atom. The fourth-order valence-corrected chi connectivity index (χ4v) is 1.78. The van der Waals surface area contributed by atoms with E-state index in [1.165, 1.54) is 5.56 Å². The zero-order valence-corrected chi connectivity index (χ0v) is 8.66.